The van der Waals surface area contributed by atoms with Gasteiger partial charge in [0.25, 0.3) is 5.69 Å². The summed E-state index contributed by atoms with van der Waals surface area (Å²) < 4.78 is 0. The molecule has 0 amide bonds. The molecule has 1 rings (SSSR count). The Hall–Kier alpha value is -2.37. The van der Waals surface area contributed by atoms with Crippen molar-refractivity contribution in [1.29, 1.82) is 0 Å². The highest BCUT2D eigenvalue weighted by Crippen LogP contribution is 2.19. The number of benzene rings is 1. The van der Waals surface area contributed by atoms with Crippen LogP contribution in [0.1, 0.15) is 30.1 Å². The zero-order chi connectivity index (χ0) is 13.7. The Morgan fingerprint density at radius 3 is 2.33 bits per heavy atom. The summed E-state index contributed by atoms with van der Waals surface area (Å²) in [4.78, 5) is 43.8. The number of hydrogen-bond donors (Lipinski definition) is 0. The predicted octanol–water partition coefficient (Wildman–Crippen LogP) is 1.72. The van der Waals surface area contributed by atoms with Crippen LogP contribution in [0, 0.1) is 10.1 Å². The topological polar surface area (TPSA) is 94.3 Å². The molecule has 0 bridgehead atoms. The van der Waals surface area contributed by atoms with Crippen LogP contribution in [0.5, 0.6) is 0 Å². The van der Waals surface area contributed by atoms with Crippen LogP contribution in [-0.4, -0.2) is 22.3 Å². The first-order valence-electron chi connectivity index (χ1n) is 5.19. The number of rotatable bonds is 6. The standard InChI is InChI=1S/C12H11NO5/c1-8(14)6-9(15)7-12(16)10-4-2-3-5-11(10)13(17)18/h2-5H,6-7H2,1H3. The summed E-state index contributed by atoms with van der Waals surface area (Å²) in [5.41, 5.74) is -0.447. The molecule has 0 fully saturated rings. The highest BCUT2D eigenvalue weighted by atomic mass is 16.6. The smallest absolute Gasteiger partial charge is 0.280 e. The van der Waals surface area contributed by atoms with Crippen molar-refractivity contribution in [3.63, 3.8) is 0 Å². The van der Waals surface area contributed by atoms with Gasteiger partial charge in [-0.15, -0.1) is 0 Å². The van der Waals surface area contributed by atoms with Crippen molar-refractivity contribution >= 4 is 23.0 Å². The van der Waals surface area contributed by atoms with E-state index in [9.17, 15) is 24.5 Å². The fourth-order valence-corrected chi connectivity index (χ4v) is 1.48. The van der Waals surface area contributed by atoms with E-state index in [0.29, 0.717) is 0 Å². The van der Waals surface area contributed by atoms with Crippen molar-refractivity contribution in [1.82, 2.24) is 0 Å². The third kappa shape index (κ3) is 3.58. The highest BCUT2D eigenvalue weighted by molar-refractivity contribution is 6.13. The highest BCUT2D eigenvalue weighted by Gasteiger charge is 2.21. The molecule has 0 saturated carbocycles. The van der Waals surface area contributed by atoms with Gasteiger partial charge in [-0.1, -0.05) is 12.1 Å². The average molecular weight is 249 g/mol. The van der Waals surface area contributed by atoms with Gasteiger partial charge in [0.15, 0.2) is 5.78 Å². The molecule has 94 valence electrons. The second kappa shape index (κ2) is 5.81. The van der Waals surface area contributed by atoms with Gasteiger partial charge in [0.2, 0.25) is 0 Å². The minimum atomic E-state index is -0.678. The molecule has 0 aliphatic carbocycles. The summed E-state index contributed by atoms with van der Waals surface area (Å²) in [6.07, 6.45) is -0.823. The van der Waals surface area contributed by atoms with E-state index >= 15 is 0 Å². The maximum Gasteiger partial charge on any atom is 0.280 e. The summed E-state index contributed by atoms with van der Waals surface area (Å²) in [5, 5.41) is 10.7. The third-order valence-corrected chi connectivity index (χ3v) is 2.20. The van der Waals surface area contributed by atoms with Gasteiger partial charge in [-0.2, -0.15) is 0 Å². The largest absolute Gasteiger partial charge is 0.300 e. The molecule has 0 atom stereocenters. The van der Waals surface area contributed by atoms with E-state index < -0.39 is 22.9 Å². The second-order valence-corrected chi connectivity index (χ2v) is 3.79. The molecule has 0 saturated heterocycles. The van der Waals surface area contributed by atoms with E-state index in [1.807, 2.05) is 0 Å². The van der Waals surface area contributed by atoms with Crippen LogP contribution < -0.4 is 0 Å². The number of nitrogens with zero attached hydrogens (tertiary/aromatic N) is 1. The number of nitro benzene ring substituents is 1. The van der Waals surface area contributed by atoms with Crippen molar-refractivity contribution in [2.75, 3.05) is 0 Å². The molecule has 0 unspecified atom stereocenters. The zero-order valence-electron chi connectivity index (χ0n) is 9.71. The molecule has 1 aromatic rings. The molecule has 0 radical (unpaired) electrons. The van der Waals surface area contributed by atoms with Crippen molar-refractivity contribution in [3.05, 3.63) is 39.9 Å². The number of nitro groups is 1. The zero-order valence-corrected chi connectivity index (χ0v) is 9.71. The van der Waals surface area contributed by atoms with E-state index in [1.165, 1.54) is 31.2 Å². The Morgan fingerprint density at radius 2 is 1.78 bits per heavy atom. The number of para-hydroxylation sites is 1. The summed E-state index contributed by atoms with van der Waals surface area (Å²) in [7, 11) is 0. The van der Waals surface area contributed by atoms with Crippen LogP contribution in [0.2, 0.25) is 0 Å². The Kier molecular flexibility index (Phi) is 4.42. The molecule has 6 nitrogen and oxygen atoms in total. The fourth-order valence-electron chi connectivity index (χ4n) is 1.48. The lowest BCUT2D eigenvalue weighted by molar-refractivity contribution is -0.385. The Morgan fingerprint density at radius 1 is 1.17 bits per heavy atom. The lowest BCUT2D eigenvalue weighted by atomic mass is 10.0. The van der Waals surface area contributed by atoms with Crippen molar-refractivity contribution in [3.8, 4) is 0 Å². The first-order valence-corrected chi connectivity index (χ1v) is 5.19. The summed E-state index contributed by atoms with van der Waals surface area (Å²) in [6.45, 7) is 1.24. The maximum atomic E-state index is 11.7. The van der Waals surface area contributed by atoms with Crippen LogP contribution in [0.25, 0.3) is 0 Å². The average Bonchev–Trinajstić information content (AvgIpc) is 2.27. The summed E-state index contributed by atoms with van der Waals surface area (Å²) in [6, 6.07) is 5.41. The van der Waals surface area contributed by atoms with E-state index in [0.717, 1.165) is 0 Å². The van der Waals surface area contributed by atoms with Crippen molar-refractivity contribution in [2.45, 2.75) is 19.8 Å². The van der Waals surface area contributed by atoms with Crippen LogP contribution >= 0.6 is 0 Å². The Labute approximate surface area is 103 Å². The van der Waals surface area contributed by atoms with E-state index in [2.05, 4.69) is 0 Å². The number of hydrogen-bond acceptors (Lipinski definition) is 5. The van der Waals surface area contributed by atoms with Crippen molar-refractivity contribution < 1.29 is 19.3 Å². The number of carbonyl (C=O) groups is 3. The van der Waals surface area contributed by atoms with Gasteiger partial charge in [-0.25, -0.2) is 0 Å². The van der Waals surface area contributed by atoms with Crippen LogP contribution in [-0.2, 0) is 9.59 Å². The molecule has 18 heavy (non-hydrogen) atoms. The predicted molar refractivity (Wildman–Crippen MR) is 62.3 cm³/mol. The van der Waals surface area contributed by atoms with Gasteiger partial charge < -0.3 is 0 Å². The van der Waals surface area contributed by atoms with Crippen LogP contribution in [0.15, 0.2) is 24.3 Å². The quantitative estimate of drug-likeness (QED) is 0.331. The molecule has 0 N–H and O–H groups in total. The third-order valence-electron chi connectivity index (χ3n) is 2.20. The van der Waals surface area contributed by atoms with Gasteiger partial charge in [0, 0.05) is 6.07 Å². The van der Waals surface area contributed by atoms with Crippen LogP contribution in [0.3, 0.4) is 0 Å². The van der Waals surface area contributed by atoms with Crippen LogP contribution in [0.4, 0.5) is 5.69 Å². The summed E-state index contributed by atoms with van der Waals surface area (Å²) >= 11 is 0. The normalized spacial score (nSPS) is 9.83. The second-order valence-electron chi connectivity index (χ2n) is 3.79. The van der Waals surface area contributed by atoms with E-state index in [4.69, 9.17) is 0 Å². The fraction of sp³-hybridized carbons (Fsp3) is 0.250. The first-order chi connectivity index (χ1) is 8.41. The monoisotopic (exact) mass is 249 g/mol. The molecule has 0 aliphatic rings. The van der Waals surface area contributed by atoms with E-state index in [-0.39, 0.29) is 23.5 Å². The first kappa shape index (κ1) is 13.7. The maximum absolute atomic E-state index is 11.7. The Balaban J connectivity index is 2.88. The minimum Gasteiger partial charge on any atom is -0.300 e. The number of Topliss-reactive ketones (excluding diaryl/α,β-unsaturated/α-hetero) is 3. The molecule has 0 aliphatic heterocycles. The van der Waals surface area contributed by atoms with Gasteiger partial charge in [-0.3, -0.25) is 24.5 Å². The lowest BCUT2D eigenvalue weighted by Gasteiger charge is -2.01. The molecule has 0 aromatic heterocycles. The van der Waals surface area contributed by atoms with E-state index in [1.54, 1.807) is 0 Å². The molecule has 0 heterocycles. The molecule has 1 aromatic carbocycles. The summed E-state index contributed by atoms with van der Waals surface area (Å²) in [5.74, 6) is -1.52. The molecule has 6 heteroatoms. The Bertz CT molecular complexity index is 521. The lowest BCUT2D eigenvalue weighted by Crippen LogP contribution is -2.12. The minimum absolute atomic E-state index is 0.112. The molecule has 0 spiro atoms. The number of ketones is 3. The molecular formula is C12H11NO5. The van der Waals surface area contributed by atoms with Gasteiger partial charge in [-0.05, 0) is 13.0 Å². The molecular weight excluding hydrogens is 238 g/mol. The van der Waals surface area contributed by atoms with Gasteiger partial charge in [0.05, 0.1) is 23.3 Å². The number of carbonyl (C=O) groups excluding carboxylic acids is 3. The SMILES string of the molecule is CC(=O)CC(=O)CC(=O)c1ccccc1[N+](=O)[O-]. The van der Waals surface area contributed by atoms with Crippen molar-refractivity contribution in [2.24, 2.45) is 0 Å². The van der Waals surface area contributed by atoms with Gasteiger partial charge >= 0.3 is 0 Å². The van der Waals surface area contributed by atoms with Gasteiger partial charge in [0.1, 0.15) is 11.6 Å².